The SMILES string of the molecule is CC(C)B(C(C)C)N(C)C. The molecule has 0 fully saturated rings. The Balaban J connectivity index is 3.98. The van der Waals surface area contributed by atoms with Gasteiger partial charge >= 0.3 is 0 Å². The fourth-order valence-electron chi connectivity index (χ4n) is 1.96. The van der Waals surface area contributed by atoms with E-state index in [4.69, 9.17) is 0 Å². The van der Waals surface area contributed by atoms with Crippen LogP contribution in [0.5, 0.6) is 0 Å². The maximum Gasteiger partial charge on any atom is 0.228 e. The standard InChI is InChI=1S/C8H20BN/c1-7(2)9(8(3)4)10(5)6/h7-8H,1-6H3. The third-order valence-corrected chi connectivity index (χ3v) is 1.96. The Labute approximate surface area is 65.9 Å². The van der Waals surface area contributed by atoms with Gasteiger partial charge < -0.3 is 4.81 Å². The van der Waals surface area contributed by atoms with Gasteiger partial charge in [0, 0.05) is 0 Å². The van der Waals surface area contributed by atoms with E-state index in [0.717, 1.165) is 18.5 Å². The van der Waals surface area contributed by atoms with E-state index < -0.39 is 0 Å². The number of hydrogen-bond acceptors (Lipinski definition) is 1. The lowest BCUT2D eigenvalue weighted by Crippen LogP contribution is -2.37. The van der Waals surface area contributed by atoms with Crippen LogP contribution in [0.25, 0.3) is 0 Å². The minimum Gasteiger partial charge on any atom is -0.347 e. The van der Waals surface area contributed by atoms with Gasteiger partial charge in [-0.1, -0.05) is 39.3 Å². The van der Waals surface area contributed by atoms with Crippen molar-refractivity contribution in [1.82, 2.24) is 4.81 Å². The number of hydrogen-bond donors (Lipinski definition) is 0. The Morgan fingerprint density at radius 2 is 1.20 bits per heavy atom. The lowest BCUT2D eigenvalue weighted by Gasteiger charge is -2.27. The van der Waals surface area contributed by atoms with Crippen LogP contribution in [-0.4, -0.2) is 25.8 Å². The quantitative estimate of drug-likeness (QED) is 0.545. The predicted octanol–water partition coefficient (Wildman–Crippen LogP) is 2.36. The van der Waals surface area contributed by atoms with Gasteiger partial charge in [-0.3, -0.25) is 0 Å². The second kappa shape index (κ2) is 4.02. The van der Waals surface area contributed by atoms with Gasteiger partial charge in [0.15, 0.2) is 0 Å². The van der Waals surface area contributed by atoms with Crippen LogP contribution in [0, 0.1) is 0 Å². The van der Waals surface area contributed by atoms with Crippen molar-refractivity contribution in [2.45, 2.75) is 39.3 Å². The molecule has 0 aliphatic carbocycles. The van der Waals surface area contributed by atoms with Crippen molar-refractivity contribution in [3.05, 3.63) is 0 Å². The van der Waals surface area contributed by atoms with Crippen molar-refractivity contribution in [3.8, 4) is 0 Å². The molecule has 0 saturated carbocycles. The van der Waals surface area contributed by atoms with E-state index in [1.165, 1.54) is 0 Å². The first kappa shape index (κ1) is 10.0. The molecule has 10 heavy (non-hydrogen) atoms. The monoisotopic (exact) mass is 141 g/mol. The summed E-state index contributed by atoms with van der Waals surface area (Å²) in [4.78, 5) is 2.31. The number of rotatable bonds is 3. The zero-order chi connectivity index (χ0) is 8.31. The minimum absolute atomic E-state index is 0.722. The summed E-state index contributed by atoms with van der Waals surface area (Å²) < 4.78 is 0. The highest BCUT2D eigenvalue weighted by atomic mass is 15.0. The Morgan fingerprint density at radius 3 is 1.20 bits per heavy atom. The van der Waals surface area contributed by atoms with Crippen LogP contribution in [0.4, 0.5) is 0 Å². The maximum atomic E-state index is 2.31. The Bertz CT molecular complexity index is 70.2. The van der Waals surface area contributed by atoms with Gasteiger partial charge in [0.25, 0.3) is 0 Å². The largest absolute Gasteiger partial charge is 0.347 e. The van der Waals surface area contributed by atoms with Gasteiger partial charge in [0.2, 0.25) is 6.85 Å². The molecule has 0 spiro atoms. The highest BCUT2D eigenvalue weighted by Crippen LogP contribution is 2.20. The Morgan fingerprint density at radius 1 is 0.900 bits per heavy atom. The predicted molar refractivity (Wildman–Crippen MR) is 49.6 cm³/mol. The summed E-state index contributed by atoms with van der Waals surface area (Å²) in [5, 5.41) is 0. The first-order valence-corrected chi connectivity index (χ1v) is 4.13. The molecule has 0 aromatic heterocycles. The first-order valence-electron chi connectivity index (χ1n) is 4.13. The summed E-state index contributed by atoms with van der Waals surface area (Å²) in [6.45, 7) is 9.85. The van der Waals surface area contributed by atoms with E-state index in [-0.39, 0.29) is 0 Å². The topological polar surface area (TPSA) is 3.24 Å². The Hall–Kier alpha value is 0.0249. The molecule has 0 amide bonds. The summed E-state index contributed by atoms with van der Waals surface area (Å²) in [6.07, 6.45) is 0. The molecule has 0 saturated heterocycles. The Kier molecular flexibility index (Phi) is 4.03. The molecule has 0 radical (unpaired) electrons. The summed E-state index contributed by atoms with van der Waals surface area (Å²) >= 11 is 0. The molecule has 0 bridgehead atoms. The molecule has 0 N–H and O–H groups in total. The van der Waals surface area contributed by atoms with E-state index in [1.54, 1.807) is 0 Å². The van der Waals surface area contributed by atoms with E-state index >= 15 is 0 Å². The molecule has 0 aliphatic rings. The van der Waals surface area contributed by atoms with Gasteiger partial charge in [0.05, 0.1) is 0 Å². The minimum atomic E-state index is 0.722. The summed E-state index contributed by atoms with van der Waals surface area (Å²) in [5.41, 5.74) is 0. The molecule has 2 heteroatoms. The summed E-state index contributed by atoms with van der Waals surface area (Å²) in [7, 11) is 4.31. The molecular formula is C8H20BN. The van der Waals surface area contributed by atoms with E-state index in [1.807, 2.05) is 0 Å². The normalized spacial score (nSPS) is 11.7. The number of nitrogens with zero attached hydrogens (tertiary/aromatic N) is 1. The molecule has 0 unspecified atom stereocenters. The maximum absolute atomic E-state index is 2.31. The van der Waals surface area contributed by atoms with E-state index in [9.17, 15) is 0 Å². The fourth-order valence-corrected chi connectivity index (χ4v) is 1.96. The molecule has 0 atom stereocenters. The van der Waals surface area contributed by atoms with Crippen LogP contribution in [-0.2, 0) is 0 Å². The van der Waals surface area contributed by atoms with Crippen molar-refractivity contribution in [3.63, 3.8) is 0 Å². The molecular weight excluding hydrogens is 121 g/mol. The molecule has 0 rings (SSSR count). The van der Waals surface area contributed by atoms with Gasteiger partial charge in [-0.2, -0.15) is 0 Å². The fraction of sp³-hybridized carbons (Fsp3) is 1.00. The second-order valence-corrected chi connectivity index (χ2v) is 3.94. The van der Waals surface area contributed by atoms with Crippen LogP contribution in [0.1, 0.15) is 27.7 Å². The lowest BCUT2D eigenvalue weighted by molar-refractivity contribution is 0.601. The van der Waals surface area contributed by atoms with Crippen LogP contribution in [0.15, 0.2) is 0 Å². The van der Waals surface area contributed by atoms with Crippen LogP contribution >= 0.6 is 0 Å². The van der Waals surface area contributed by atoms with Gasteiger partial charge in [-0.05, 0) is 14.1 Å². The van der Waals surface area contributed by atoms with Gasteiger partial charge in [0.1, 0.15) is 0 Å². The van der Waals surface area contributed by atoms with E-state index in [0.29, 0.717) is 0 Å². The lowest BCUT2D eigenvalue weighted by atomic mass is 9.44. The smallest absolute Gasteiger partial charge is 0.228 e. The molecule has 1 nitrogen and oxygen atoms in total. The van der Waals surface area contributed by atoms with Crippen molar-refractivity contribution < 1.29 is 0 Å². The van der Waals surface area contributed by atoms with Gasteiger partial charge in [-0.25, -0.2) is 0 Å². The van der Waals surface area contributed by atoms with Gasteiger partial charge in [-0.15, -0.1) is 0 Å². The molecule has 0 aromatic rings. The van der Waals surface area contributed by atoms with Crippen molar-refractivity contribution in [2.24, 2.45) is 0 Å². The summed E-state index contributed by atoms with van der Waals surface area (Å²) in [5.74, 6) is 1.52. The average molecular weight is 141 g/mol. The van der Waals surface area contributed by atoms with Crippen LogP contribution in [0.3, 0.4) is 0 Å². The first-order chi connectivity index (χ1) is 4.46. The van der Waals surface area contributed by atoms with E-state index in [2.05, 4.69) is 46.6 Å². The van der Waals surface area contributed by atoms with Crippen LogP contribution < -0.4 is 0 Å². The molecule has 0 heterocycles. The second-order valence-electron chi connectivity index (χ2n) is 3.94. The van der Waals surface area contributed by atoms with Crippen molar-refractivity contribution in [2.75, 3.05) is 14.1 Å². The third-order valence-electron chi connectivity index (χ3n) is 1.96. The molecule has 0 aromatic carbocycles. The zero-order valence-electron chi connectivity index (χ0n) is 8.18. The molecule has 0 aliphatic heterocycles. The van der Waals surface area contributed by atoms with Crippen LogP contribution in [0.2, 0.25) is 11.6 Å². The van der Waals surface area contributed by atoms with Crippen molar-refractivity contribution in [1.29, 1.82) is 0 Å². The molecule has 60 valence electrons. The third kappa shape index (κ3) is 2.74. The summed E-state index contributed by atoms with van der Waals surface area (Å²) in [6, 6.07) is 0. The highest BCUT2D eigenvalue weighted by molar-refractivity contribution is 6.58. The highest BCUT2D eigenvalue weighted by Gasteiger charge is 2.24. The van der Waals surface area contributed by atoms with Crippen molar-refractivity contribution >= 4 is 6.85 Å². The zero-order valence-corrected chi connectivity index (χ0v) is 8.18. The average Bonchev–Trinajstić information content (AvgIpc) is 1.59.